The molecule has 0 aromatic heterocycles. The van der Waals surface area contributed by atoms with E-state index in [1.165, 1.54) is 22.7 Å². The number of rotatable bonds is 5. The summed E-state index contributed by atoms with van der Waals surface area (Å²) in [6, 6.07) is -0.237. The van der Waals surface area contributed by atoms with Crippen molar-refractivity contribution in [1.82, 2.24) is 9.62 Å². The van der Waals surface area contributed by atoms with Gasteiger partial charge in [0.05, 0.1) is 6.61 Å². The van der Waals surface area contributed by atoms with Gasteiger partial charge in [-0.25, -0.2) is 4.79 Å². The van der Waals surface area contributed by atoms with Crippen LogP contribution in [0.3, 0.4) is 0 Å². The summed E-state index contributed by atoms with van der Waals surface area (Å²) < 4.78 is 1.40. The summed E-state index contributed by atoms with van der Waals surface area (Å²) in [5, 5.41) is 11.2. The van der Waals surface area contributed by atoms with Gasteiger partial charge in [0.2, 0.25) is 0 Å². The van der Waals surface area contributed by atoms with E-state index in [0.29, 0.717) is 12.5 Å². The molecule has 0 radical (unpaired) electrons. The molecule has 1 atom stereocenters. The molecule has 0 bridgehead atoms. The molecule has 98 valence electrons. The van der Waals surface area contributed by atoms with Gasteiger partial charge in [-0.2, -0.15) is 0 Å². The Morgan fingerprint density at radius 1 is 1.71 bits per heavy atom. The number of amides is 2. The maximum absolute atomic E-state index is 11.5. The van der Waals surface area contributed by atoms with Gasteiger partial charge in [0.25, 0.3) is 0 Å². The summed E-state index contributed by atoms with van der Waals surface area (Å²) in [5.74, 6) is 0.413. The topological polar surface area (TPSA) is 52.6 Å². The number of aliphatic hydroxyl groups excluding tert-OH is 1. The molecule has 17 heavy (non-hydrogen) atoms. The van der Waals surface area contributed by atoms with E-state index in [4.69, 9.17) is 5.11 Å². The second-order valence-corrected chi connectivity index (χ2v) is 4.85. The normalized spacial score (nSPS) is 19.7. The number of carbonyl (C=O) groups is 1. The zero-order valence-electron chi connectivity index (χ0n) is 10.4. The van der Waals surface area contributed by atoms with E-state index >= 15 is 0 Å². The molecule has 1 unspecified atom stereocenters. The summed E-state index contributed by atoms with van der Waals surface area (Å²) in [7, 11) is 0. The molecule has 0 heterocycles. The van der Waals surface area contributed by atoms with Crippen LogP contribution in [0.15, 0.2) is 11.6 Å². The Labute approximate surface area is 109 Å². The number of nitrogens with one attached hydrogen (secondary N) is 1. The minimum Gasteiger partial charge on any atom is -0.395 e. The molecule has 0 aromatic carbocycles. The van der Waals surface area contributed by atoms with Gasteiger partial charge in [-0.05, 0) is 31.6 Å². The van der Waals surface area contributed by atoms with Crippen LogP contribution in [0.5, 0.6) is 0 Å². The first-order valence-corrected chi connectivity index (χ1v) is 6.62. The molecule has 0 fully saturated rings. The smallest absolute Gasteiger partial charge is 0.327 e. The summed E-state index contributed by atoms with van der Waals surface area (Å²) in [5.41, 5.74) is 1.48. The molecule has 1 aliphatic carbocycles. The molecule has 0 saturated carbocycles. The number of carbonyl (C=O) groups excluding carboxylic acids is 1. The maximum Gasteiger partial charge on any atom is 0.327 e. The second kappa shape index (κ2) is 7.61. The van der Waals surface area contributed by atoms with E-state index in [0.717, 1.165) is 12.8 Å². The third-order valence-corrected chi connectivity index (χ3v) is 3.37. The molecule has 1 aliphatic rings. The highest BCUT2D eigenvalue weighted by Crippen LogP contribution is 2.25. The fourth-order valence-corrected chi connectivity index (χ4v) is 2.37. The molecule has 0 aliphatic heterocycles. The largest absolute Gasteiger partial charge is 0.395 e. The van der Waals surface area contributed by atoms with Crippen molar-refractivity contribution in [3.63, 3.8) is 0 Å². The summed E-state index contributed by atoms with van der Waals surface area (Å²) in [6.45, 7) is 3.03. The lowest BCUT2D eigenvalue weighted by Crippen LogP contribution is -2.38. The third-order valence-electron chi connectivity index (χ3n) is 3.03. The maximum atomic E-state index is 11.5. The van der Waals surface area contributed by atoms with Crippen LogP contribution in [0.2, 0.25) is 0 Å². The minimum atomic E-state index is -0.237. The van der Waals surface area contributed by atoms with Crippen LogP contribution in [0.25, 0.3) is 0 Å². The number of hydrogen-bond acceptors (Lipinski definition) is 3. The lowest BCUT2D eigenvalue weighted by Gasteiger charge is -2.25. The first-order chi connectivity index (χ1) is 8.17. The first kappa shape index (κ1) is 14.4. The van der Waals surface area contributed by atoms with Crippen LogP contribution in [-0.4, -0.2) is 35.1 Å². The van der Waals surface area contributed by atoms with Crippen LogP contribution in [0.4, 0.5) is 4.79 Å². The Bertz CT molecular complexity index is 282. The number of hydrogen-bond donors (Lipinski definition) is 3. The SMILES string of the molecule is CCC1=CC(CN(S)C(=O)NCCO)CCC1. The molecular weight excluding hydrogens is 236 g/mol. The number of allylic oxidation sites excluding steroid dienone is 1. The lowest BCUT2D eigenvalue weighted by molar-refractivity contribution is 0.217. The Balaban J connectivity index is 2.39. The van der Waals surface area contributed by atoms with Crippen molar-refractivity contribution in [2.45, 2.75) is 32.6 Å². The Morgan fingerprint density at radius 3 is 3.12 bits per heavy atom. The van der Waals surface area contributed by atoms with E-state index in [-0.39, 0.29) is 19.2 Å². The number of thiol groups is 1. The minimum absolute atomic E-state index is 0.0450. The average molecular weight is 258 g/mol. The van der Waals surface area contributed by atoms with Crippen molar-refractivity contribution in [2.24, 2.45) is 5.92 Å². The molecule has 4 nitrogen and oxygen atoms in total. The van der Waals surface area contributed by atoms with Crippen molar-refractivity contribution in [2.75, 3.05) is 19.7 Å². The zero-order chi connectivity index (χ0) is 12.7. The van der Waals surface area contributed by atoms with Gasteiger partial charge in [-0.3, -0.25) is 4.31 Å². The number of aliphatic hydroxyl groups is 1. The van der Waals surface area contributed by atoms with Crippen molar-refractivity contribution < 1.29 is 9.90 Å². The van der Waals surface area contributed by atoms with Crippen molar-refractivity contribution in [3.8, 4) is 0 Å². The highest BCUT2D eigenvalue weighted by Gasteiger charge is 2.17. The Kier molecular flexibility index (Phi) is 6.44. The van der Waals surface area contributed by atoms with Gasteiger partial charge in [-0.15, -0.1) is 0 Å². The predicted molar refractivity (Wildman–Crippen MR) is 71.9 cm³/mol. The van der Waals surface area contributed by atoms with Gasteiger partial charge in [0, 0.05) is 13.1 Å². The fraction of sp³-hybridized carbons (Fsp3) is 0.750. The summed E-state index contributed by atoms with van der Waals surface area (Å²) >= 11 is 4.18. The zero-order valence-corrected chi connectivity index (χ0v) is 11.2. The molecular formula is C12H22N2O2S. The van der Waals surface area contributed by atoms with Gasteiger partial charge < -0.3 is 10.4 Å². The van der Waals surface area contributed by atoms with E-state index in [1.807, 2.05) is 0 Å². The number of urea groups is 1. The highest BCUT2D eigenvalue weighted by atomic mass is 32.1. The highest BCUT2D eigenvalue weighted by molar-refractivity contribution is 7.78. The fourth-order valence-electron chi connectivity index (χ4n) is 2.09. The molecule has 0 saturated heterocycles. The first-order valence-electron chi connectivity index (χ1n) is 6.22. The number of nitrogens with zero attached hydrogens (tertiary/aromatic N) is 1. The van der Waals surface area contributed by atoms with E-state index < -0.39 is 0 Å². The van der Waals surface area contributed by atoms with Crippen molar-refractivity contribution in [1.29, 1.82) is 0 Å². The monoisotopic (exact) mass is 258 g/mol. The van der Waals surface area contributed by atoms with Gasteiger partial charge in [0.15, 0.2) is 0 Å². The average Bonchev–Trinajstić information content (AvgIpc) is 2.36. The molecule has 2 N–H and O–H groups in total. The quantitative estimate of drug-likeness (QED) is 0.521. The van der Waals surface area contributed by atoms with Crippen LogP contribution in [0, 0.1) is 5.92 Å². The van der Waals surface area contributed by atoms with Crippen molar-refractivity contribution >= 4 is 18.8 Å². The molecule has 5 heteroatoms. The van der Waals surface area contributed by atoms with Crippen molar-refractivity contribution in [3.05, 3.63) is 11.6 Å². The summed E-state index contributed by atoms with van der Waals surface area (Å²) in [6.07, 6.45) is 6.89. The predicted octanol–water partition coefficient (Wildman–Crippen LogP) is 1.97. The van der Waals surface area contributed by atoms with Gasteiger partial charge in [-0.1, -0.05) is 31.4 Å². The third kappa shape index (κ3) is 5.00. The van der Waals surface area contributed by atoms with E-state index in [2.05, 4.69) is 31.1 Å². The molecule has 1 rings (SSSR count). The Hall–Kier alpha value is -0.680. The lowest BCUT2D eigenvalue weighted by atomic mass is 9.89. The van der Waals surface area contributed by atoms with Crippen LogP contribution < -0.4 is 5.32 Å². The van der Waals surface area contributed by atoms with Gasteiger partial charge >= 0.3 is 6.03 Å². The van der Waals surface area contributed by atoms with E-state index in [9.17, 15) is 4.79 Å². The van der Waals surface area contributed by atoms with Crippen LogP contribution >= 0.6 is 12.8 Å². The Morgan fingerprint density at radius 2 is 2.47 bits per heavy atom. The summed E-state index contributed by atoms with van der Waals surface area (Å²) in [4.78, 5) is 11.5. The molecule has 2 amide bonds. The standard InChI is InChI=1S/C12H22N2O2S/c1-2-10-4-3-5-11(8-10)9-14(17)12(16)13-6-7-15/h8,11,15,17H,2-7,9H2,1H3,(H,13,16). The van der Waals surface area contributed by atoms with E-state index in [1.54, 1.807) is 0 Å². The molecule has 0 aromatic rings. The second-order valence-electron chi connectivity index (χ2n) is 4.37. The molecule has 0 spiro atoms. The van der Waals surface area contributed by atoms with Crippen LogP contribution in [-0.2, 0) is 0 Å². The van der Waals surface area contributed by atoms with Crippen LogP contribution in [0.1, 0.15) is 32.6 Å². The van der Waals surface area contributed by atoms with Gasteiger partial charge in [0.1, 0.15) is 0 Å².